The first-order valence-corrected chi connectivity index (χ1v) is 9.14. The molecule has 4 heteroatoms. The Morgan fingerprint density at radius 2 is 2.24 bits per heavy atom. The Morgan fingerprint density at radius 3 is 2.95 bits per heavy atom. The SMILES string of the molecule is CCC1CCCC(n2c(C(C)Cl)nc3cc(Br)ccc32)C1. The van der Waals surface area contributed by atoms with Crippen LogP contribution in [-0.4, -0.2) is 9.55 Å². The molecular formula is C17H22BrClN2. The van der Waals surface area contributed by atoms with Crippen molar-refractivity contribution in [3.63, 3.8) is 0 Å². The van der Waals surface area contributed by atoms with Crippen LogP contribution >= 0.6 is 27.5 Å². The number of hydrogen-bond acceptors (Lipinski definition) is 1. The molecule has 1 heterocycles. The van der Waals surface area contributed by atoms with Crippen molar-refractivity contribution < 1.29 is 0 Å². The van der Waals surface area contributed by atoms with E-state index in [1.165, 1.54) is 37.6 Å². The van der Waals surface area contributed by atoms with E-state index in [4.69, 9.17) is 16.6 Å². The van der Waals surface area contributed by atoms with Gasteiger partial charge in [0, 0.05) is 10.5 Å². The molecule has 0 amide bonds. The average Bonchev–Trinajstić information content (AvgIpc) is 2.86. The lowest BCUT2D eigenvalue weighted by Crippen LogP contribution is -2.20. The lowest BCUT2D eigenvalue weighted by molar-refractivity contribution is 0.261. The molecule has 1 aliphatic carbocycles. The Hall–Kier alpha value is -0.540. The Kier molecular flexibility index (Phi) is 4.60. The highest BCUT2D eigenvalue weighted by Gasteiger charge is 2.26. The smallest absolute Gasteiger partial charge is 0.127 e. The minimum Gasteiger partial charge on any atom is -0.324 e. The molecule has 0 N–H and O–H groups in total. The van der Waals surface area contributed by atoms with Gasteiger partial charge in [-0.25, -0.2) is 4.98 Å². The van der Waals surface area contributed by atoms with Gasteiger partial charge < -0.3 is 4.57 Å². The van der Waals surface area contributed by atoms with E-state index in [0.29, 0.717) is 6.04 Å². The lowest BCUT2D eigenvalue weighted by Gasteiger charge is -2.31. The predicted octanol–water partition coefficient (Wildman–Crippen LogP) is 6.24. The van der Waals surface area contributed by atoms with Crippen LogP contribution in [0.2, 0.25) is 0 Å². The molecule has 114 valence electrons. The molecule has 0 saturated heterocycles. The van der Waals surface area contributed by atoms with Crippen LogP contribution in [-0.2, 0) is 0 Å². The van der Waals surface area contributed by atoms with Crippen molar-refractivity contribution in [1.82, 2.24) is 9.55 Å². The van der Waals surface area contributed by atoms with Crippen LogP contribution in [0, 0.1) is 5.92 Å². The normalized spacial score (nSPS) is 24.4. The molecule has 21 heavy (non-hydrogen) atoms. The molecule has 1 aromatic heterocycles. The number of hydrogen-bond donors (Lipinski definition) is 0. The van der Waals surface area contributed by atoms with Gasteiger partial charge in [-0.05, 0) is 43.9 Å². The molecule has 1 saturated carbocycles. The Balaban J connectivity index is 2.08. The van der Waals surface area contributed by atoms with E-state index in [1.54, 1.807) is 0 Å². The summed E-state index contributed by atoms with van der Waals surface area (Å²) in [6.07, 6.45) is 6.47. The molecule has 3 atom stereocenters. The highest BCUT2D eigenvalue weighted by atomic mass is 79.9. The van der Waals surface area contributed by atoms with Gasteiger partial charge in [-0.3, -0.25) is 0 Å². The van der Waals surface area contributed by atoms with E-state index in [0.717, 1.165) is 21.7 Å². The monoisotopic (exact) mass is 368 g/mol. The van der Waals surface area contributed by atoms with E-state index in [2.05, 4.69) is 45.6 Å². The topological polar surface area (TPSA) is 17.8 Å². The highest BCUT2D eigenvalue weighted by molar-refractivity contribution is 9.10. The van der Waals surface area contributed by atoms with Crippen molar-refractivity contribution in [3.05, 3.63) is 28.5 Å². The van der Waals surface area contributed by atoms with Gasteiger partial charge >= 0.3 is 0 Å². The number of alkyl halides is 1. The summed E-state index contributed by atoms with van der Waals surface area (Å²) in [5.74, 6) is 1.86. The molecule has 0 spiro atoms. The van der Waals surface area contributed by atoms with Crippen molar-refractivity contribution in [2.75, 3.05) is 0 Å². The van der Waals surface area contributed by atoms with E-state index in [9.17, 15) is 0 Å². The van der Waals surface area contributed by atoms with Crippen LogP contribution in [0.5, 0.6) is 0 Å². The van der Waals surface area contributed by atoms with Gasteiger partial charge in [0.05, 0.1) is 16.4 Å². The molecule has 0 aliphatic heterocycles. The largest absolute Gasteiger partial charge is 0.324 e. The van der Waals surface area contributed by atoms with Crippen molar-refractivity contribution in [3.8, 4) is 0 Å². The summed E-state index contributed by atoms with van der Waals surface area (Å²) in [7, 11) is 0. The third kappa shape index (κ3) is 3.00. The van der Waals surface area contributed by atoms with Crippen LogP contribution in [0.25, 0.3) is 11.0 Å². The van der Waals surface area contributed by atoms with Gasteiger partial charge in [0.25, 0.3) is 0 Å². The van der Waals surface area contributed by atoms with E-state index in [1.807, 2.05) is 6.92 Å². The fourth-order valence-corrected chi connectivity index (χ4v) is 4.13. The van der Waals surface area contributed by atoms with E-state index >= 15 is 0 Å². The summed E-state index contributed by atoms with van der Waals surface area (Å²) < 4.78 is 3.49. The van der Waals surface area contributed by atoms with Gasteiger partial charge in [-0.1, -0.05) is 42.1 Å². The second-order valence-corrected chi connectivity index (χ2v) is 7.75. The van der Waals surface area contributed by atoms with Crippen LogP contribution in [0.15, 0.2) is 22.7 Å². The Labute approximate surface area is 140 Å². The average molecular weight is 370 g/mol. The zero-order chi connectivity index (χ0) is 15.0. The highest BCUT2D eigenvalue weighted by Crippen LogP contribution is 2.39. The minimum atomic E-state index is -0.0572. The summed E-state index contributed by atoms with van der Waals surface area (Å²) in [6, 6.07) is 6.91. The predicted molar refractivity (Wildman–Crippen MR) is 93.0 cm³/mol. The Morgan fingerprint density at radius 1 is 1.43 bits per heavy atom. The maximum absolute atomic E-state index is 6.41. The summed E-state index contributed by atoms with van der Waals surface area (Å²) >= 11 is 9.95. The molecule has 1 aliphatic rings. The summed E-state index contributed by atoms with van der Waals surface area (Å²) in [4.78, 5) is 4.80. The number of rotatable bonds is 3. The second kappa shape index (κ2) is 6.29. The van der Waals surface area contributed by atoms with Gasteiger partial charge in [0.1, 0.15) is 5.82 Å². The number of fused-ring (bicyclic) bond motifs is 1. The van der Waals surface area contributed by atoms with Crippen molar-refractivity contribution in [2.24, 2.45) is 5.92 Å². The first kappa shape index (κ1) is 15.4. The maximum Gasteiger partial charge on any atom is 0.127 e. The fourth-order valence-electron chi connectivity index (χ4n) is 3.62. The van der Waals surface area contributed by atoms with E-state index in [-0.39, 0.29) is 5.38 Å². The van der Waals surface area contributed by atoms with Crippen molar-refractivity contribution in [2.45, 2.75) is 57.4 Å². The number of aromatic nitrogens is 2. The van der Waals surface area contributed by atoms with Crippen LogP contribution in [0.4, 0.5) is 0 Å². The molecule has 0 bridgehead atoms. The molecule has 1 aromatic carbocycles. The van der Waals surface area contributed by atoms with Crippen molar-refractivity contribution in [1.29, 1.82) is 0 Å². The number of halogens is 2. The Bertz CT molecular complexity index is 635. The quantitative estimate of drug-likeness (QED) is 0.585. The van der Waals surface area contributed by atoms with E-state index < -0.39 is 0 Å². The molecule has 0 radical (unpaired) electrons. The first-order chi connectivity index (χ1) is 10.1. The summed E-state index contributed by atoms with van der Waals surface area (Å²) in [6.45, 7) is 4.33. The minimum absolute atomic E-state index is 0.0572. The number of imidazole rings is 1. The van der Waals surface area contributed by atoms with Gasteiger partial charge in [0.15, 0.2) is 0 Å². The van der Waals surface area contributed by atoms with Crippen molar-refractivity contribution >= 4 is 38.6 Å². The number of benzene rings is 1. The van der Waals surface area contributed by atoms with Crippen LogP contribution in [0.1, 0.15) is 63.2 Å². The zero-order valence-corrected chi connectivity index (χ0v) is 15.0. The summed E-state index contributed by atoms with van der Waals surface area (Å²) in [5, 5.41) is -0.0572. The molecule has 2 nitrogen and oxygen atoms in total. The van der Waals surface area contributed by atoms with Gasteiger partial charge in [-0.15, -0.1) is 11.6 Å². The molecule has 2 aromatic rings. The van der Waals surface area contributed by atoms with Gasteiger partial charge in [-0.2, -0.15) is 0 Å². The van der Waals surface area contributed by atoms with Crippen LogP contribution < -0.4 is 0 Å². The molecule has 3 rings (SSSR count). The fraction of sp³-hybridized carbons (Fsp3) is 0.588. The second-order valence-electron chi connectivity index (χ2n) is 6.18. The van der Waals surface area contributed by atoms with Gasteiger partial charge in [0.2, 0.25) is 0 Å². The maximum atomic E-state index is 6.41. The zero-order valence-electron chi connectivity index (χ0n) is 12.6. The third-order valence-electron chi connectivity index (χ3n) is 4.73. The molecule has 1 fully saturated rings. The molecule has 3 unspecified atom stereocenters. The summed E-state index contributed by atoms with van der Waals surface area (Å²) in [5.41, 5.74) is 2.27. The molecular weight excluding hydrogens is 348 g/mol. The van der Waals surface area contributed by atoms with Crippen LogP contribution in [0.3, 0.4) is 0 Å². The number of nitrogens with zero attached hydrogens (tertiary/aromatic N) is 2. The third-order valence-corrected chi connectivity index (χ3v) is 5.42. The standard InChI is InChI=1S/C17H22BrClN2/c1-3-12-5-4-6-14(9-12)21-16-8-7-13(18)10-15(16)20-17(21)11(2)19/h7-8,10-12,14H,3-6,9H2,1-2H3. The lowest BCUT2D eigenvalue weighted by atomic mass is 9.84. The first-order valence-electron chi connectivity index (χ1n) is 7.91.